The van der Waals surface area contributed by atoms with E-state index in [0.29, 0.717) is 41.0 Å². The molecule has 0 radical (unpaired) electrons. The van der Waals surface area contributed by atoms with Crippen molar-refractivity contribution in [2.75, 3.05) is 10.6 Å². The number of aromatic nitrogens is 2. The number of allylic oxidation sites excluding steroid dienone is 2. The van der Waals surface area contributed by atoms with Crippen molar-refractivity contribution in [1.29, 1.82) is 0 Å². The van der Waals surface area contributed by atoms with Gasteiger partial charge in [-0.2, -0.15) is 5.10 Å². The zero-order valence-electron chi connectivity index (χ0n) is 19.7. The van der Waals surface area contributed by atoms with Gasteiger partial charge in [0, 0.05) is 35.5 Å². The normalized spacial score (nSPS) is 18.4. The van der Waals surface area contributed by atoms with E-state index >= 15 is 0 Å². The highest BCUT2D eigenvalue weighted by atomic mass is 16.6. The van der Waals surface area contributed by atoms with Crippen molar-refractivity contribution < 1.29 is 14.5 Å². The first-order valence-electron chi connectivity index (χ1n) is 11.4. The van der Waals surface area contributed by atoms with E-state index in [2.05, 4.69) is 15.7 Å². The lowest BCUT2D eigenvalue weighted by Gasteiger charge is -2.39. The van der Waals surface area contributed by atoms with E-state index in [4.69, 9.17) is 0 Å². The Morgan fingerprint density at radius 1 is 1.14 bits per heavy atom. The summed E-state index contributed by atoms with van der Waals surface area (Å²) in [5, 5.41) is 21.9. The number of benzene rings is 2. The number of non-ortho nitro benzene ring substituents is 1. The Morgan fingerprint density at radius 2 is 1.83 bits per heavy atom. The SMILES string of the molecule is Cc1ccc(NC(=O)c2cnn3c2NC2=C(C(=O)CC(C)(C)C2)[C@H]3c2ccc([N+](=O)[O-])cc2)cc1. The van der Waals surface area contributed by atoms with Gasteiger partial charge in [0.2, 0.25) is 0 Å². The standard InChI is InChI=1S/C26H25N5O4/c1-15-4-8-17(9-5-15)28-25(33)19-14-27-30-23(16-6-10-18(11-7-16)31(34)35)22-20(29-24(19)30)12-26(2,3)13-21(22)32/h4-11,14,23,29H,12-13H2,1-3H3,(H,28,33)/t23-/m1/s1. The fourth-order valence-electron chi connectivity index (χ4n) is 4.80. The van der Waals surface area contributed by atoms with Crippen LogP contribution in [0.4, 0.5) is 17.2 Å². The second kappa shape index (κ2) is 8.19. The van der Waals surface area contributed by atoms with Crippen LogP contribution in [-0.4, -0.2) is 26.4 Å². The number of hydrogen-bond acceptors (Lipinski definition) is 6. The van der Waals surface area contributed by atoms with Gasteiger partial charge in [-0.1, -0.05) is 31.5 Å². The largest absolute Gasteiger partial charge is 0.343 e. The van der Waals surface area contributed by atoms with Gasteiger partial charge in [-0.25, -0.2) is 4.68 Å². The van der Waals surface area contributed by atoms with Crippen LogP contribution >= 0.6 is 0 Å². The number of Topliss-reactive ketones (excluding diaryl/α,β-unsaturated/α-hetero) is 1. The molecule has 0 bridgehead atoms. The predicted octanol–water partition coefficient (Wildman–Crippen LogP) is 5.01. The lowest BCUT2D eigenvalue weighted by Crippen LogP contribution is -2.37. The van der Waals surface area contributed by atoms with Gasteiger partial charge in [-0.15, -0.1) is 0 Å². The van der Waals surface area contributed by atoms with E-state index in [1.165, 1.54) is 18.3 Å². The zero-order chi connectivity index (χ0) is 24.9. The minimum absolute atomic E-state index is 0.00101. The maximum atomic E-state index is 13.3. The Bertz CT molecular complexity index is 1380. The number of nitrogens with zero attached hydrogens (tertiary/aromatic N) is 3. The Morgan fingerprint density at radius 3 is 2.49 bits per heavy atom. The number of hydrogen-bond donors (Lipinski definition) is 2. The molecule has 1 aliphatic heterocycles. The number of aryl methyl sites for hydroxylation is 1. The third-order valence-electron chi connectivity index (χ3n) is 6.48. The summed E-state index contributed by atoms with van der Waals surface area (Å²) in [7, 11) is 0. The molecule has 1 atom stereocenters. The number of anilines is 2. The monoisotopic (exact) mass is 471 g/mol. The third-order valence-corrected chi connectivity index (χ3v) is 6.48. The molecule has 1 aromatic heterocycles. The molecule has 0 spiro atoms. The molecule has 35 heavy (non-hydrogen) atoms. The van der Waals surface area contributed by atoms with Crippen LogP contribution in [0, 0.1) is 22.5 Å². The highest BCUT2D eigenvalue weighted by Crippen LogP contribution is 2.46. The number of fused-ring (bicyclic) bond motifs is 1. The average molecular weight is 472 g/mol. The minimum atomic E-state index is -0.591. The molecule has 1 aliphatic carbocycles. The summed E-state index contributed by atoms with van der Waals surface area (Å²) in [4.78, 5) is 37.2. The molecule has 1 amide bonds. The Kier molecular flexibility index (Phi) is 5.27. The summed E-state index contributed by atoms with van der Waals surface area (Å²) < 4.78 is 1.63. The summed E-state index contributed by atoms with van der Waals surface area (Å²) in [6.45, 7) is 6.04. The van der Waals surface area contributed by atoms with Crippen molar-refractivity contribution in [3.63, 3.8) is 0 Å². The van der Waals surface area contributed by atoms with Gasteiger partial charge >= 0.3 is 0 Å². The molecule has 2 aromatic carbocycles. The number of amides is 1. The van der Waals surface area contributed by atoms with Crippen LogP contribution in [0.5, 0.6) is 0 Å². The number of nitro groups is 1. The molecule has 0 fully saturated rings. The molecule has 0 unspecified atom stereocenters. The number of carbonyl (C=O) groups excluding carboxylic acids is 2. The molecule has 9 nitrogen and oxygen atoms in total. The minimum Gasteiger partial charge on any atom is -0.343 e. The maximum Gasteiger partial charge on any atom is 0.269 e. The molecular weight excluding hydrogens is 446 g/mol. The van der Waals surface area contributed by atoms with Crippen molar-refractivity contribution in [1.82, 2.24) is 9.78 Å². The molecule has 0 saturated carbocycles. The van der Waals surface area contributed by atoms with Crippen LogP contribution < -0.4 is 10.6 Å². The lowest BCUT2D eigenvalue weighted by molar-refractivity contribution is -0.384. The third kappa shape index (κ3) is 4.09. The number of carbonyl (C=O) groups is 2. The van der Waals surface area contributed by atoms with Crippen LogP contribution in [0.1, 0.15) is 54.2 Å². The van der Waals surface area contributed by atoms with E-state index in [-0.39, 0.29) is 22.8 Å². The first kappa shape index (κ1) is 22.5. The van der Waals surface area contributed by atoms with E-state index in [9.17, 15) is 19.7 Å². The van der Waals surface area contributed by atoms with E-state index in [1.54, 1.807) is 16.8 Å². The molecule has 2 heterocycles. The highest BCUT2D eigenvalue weighted by molar-refractivity contribution is 6.08. The van der Waals surface area contributed by atoms with Crippen LogP contribution in [0.3, 0.4) is 0 Å². The van der Waals surface area contributed by atoms with Gasteiger partial charge in [-0.05, 0) is 48.6 Å². The first-order chi connectivity index (χ1) is 16.6. The van der Waals surface area contributed by atoms with Gasteiger partial charge in [0.1, 0.15) is 17.4 Å². The predicted molar refractivity (Wildman–Crippen MR) is 131 cm³/mol. The van der Waals surface area contributed by atoms with E-state index < -0.39 is 11.0 Å². The second-order valence-electron chi connectivity index (χ2n) is 9.88. The van der Waals surface area contributed by atoms with Gasteiger partial charge in [0.05, 0.1) is 11.1 Å². The maximum absolute atomic E-state index is 13.3. The Balaban J connectivity index is 1.58. The number of ketones is 1. The van der Waals surface area contributed by atoms with Crippen molar-refractivity contribution in [3.8, 4) is 0 Å². The number of nitrogens with one attached hydrogen (secondary N) is 2. The fraction of sp³-hybridized carbons (Fsp3) is 0.269. The molecule has 3 aromatic rings. The summed E-state index contributed by atoms with van der Waals surface area (Å²) in [6.07, 6.45) is 2.49. The van der Waals surface area contributed by atoms with Gasteiger partial charge < -0.3 is 10.6 Å². The van der Waals surface area contributed by atoms with Crippen molar-refractivity contribution in [3.05, 3.63) is 92.8 Å². The van der Waals surface area contributed by atoms with Crippen molar-refractivity contribution in [2.24, 2.45) is 5.41 Å². The highest BCUT2D eigenvalue weighted by Gasteiger charge is 2.42. The van der Waals surface area contributed by atoms with Gasteiger partial charge in [0.15, 0.2) is 5.78 Å². The van der Waals surface area contributed by atoms with Crippen LogP contribution in [0.2, 0.25) is 0 Å². The quantitative estimate of drug-likeness (QED) is 0.408. The molecule has 2 aliphatic rings. The summed E-state index contributed by atoms with van der Waals surface area (Å²) in [5.74, 6) is 0.164. The van der Waals surface area contributed by atoms with E-state index in [1.807, 2.05) is 45.0 Å². The van der Waals surface area contributed by atoms with Crippen LogP contribution in [-0.2, 0) is 4.79 Å². The fourth-order valence-corrected chi connectivity index (χ4v) is 4.80. The van der Waals surface area contributed by atoms with Crippen molar-refractivity contribution in [2.45, 2.75) is 39.7 Å². The average Bonchev–Trinajstić information content (AvgIpc) is 3.22. The second-order valence-corrected chi connectivity index (χ2v) is 9.88. The molecule has 9 heteroatoms. The zero-order valence-corrected chi connectivity index (χ0v) is 19.7. The van der Waals surface area contributed by atoms with Gasteiger partial charge in [0.25, 0.3) is 11.6 Å². The molecule has 2 N–H and O–H groups in total. The Labute approximate surface area is 202 Å². The van der Waals surface area contributed by atoms with Gasteiger partial charge in [-0.3, -0.25) is 19.7 Å². The van der Waals surface area contributed by atoms with Crippen LogP contribution in [0.15, 0.2) is 66.0 Å². The molecule has 0 saturated heterocycles. The lowest BCUT2D eigenvalue weighted by atomic mass is 9.73. The number of nitro benzene ring substituents is 1. The van der Waals surface area contributed by atoms with Crippen molar-refractivity contribution >= 4 is 28.9 Å². The molecule has 5 rings (SSSR count). The summed E-state index contributed by atoms with van der Waals surface area (Å²) in [5.41, 5.74) is 3.85. The van der Waals surface area contributed by atoms with Crippen LogP contribution in [0.25, 0.3) is 0 Å². The smallest absolute Gasteiger partial charge is 0.269 e. The van der Waals surface area contributed by atoms with E-state index in [0.717, 1.165) is 11.3 Å². The summed E-state index contributed by atoms with van der Waals surface area (Å²) in [6, 6.07) is 13.0. The first-order valence-corrected chi connectivity index (χ1v) is 11.4. The molecule has 178 valence electrons. The molecular formula is C26H25N5O4. The topological polar surface area (TPSA) is 119 Å². The number of rotatable bonds is 4. The Hall–Kier alpha value is -4.27. The summed E-state index contributed by atoms with van der Waals surface area (Å²) >= 11 is 0.